The minimum atomic E-state index is -0.385. The molecule has 3 aromatic rings. The van der Waals surface area contributed by atoms with Gasteiger partial charge in [0, 0.05) is 10.8 Å². The highest BCUT2D eigenvalue weighted by atomic mass is 35.5. The largest absolute Gasteiger partial charge is 0.296 e. The number of amides is 1. The summed E-state index contributed by atoms with van der Waals surface area (Å²) in [6.07, 6.45) is 2.63. The first-order valence-corrected chi connectivity index (χ1v) is 8.12. The van der Waals surface area contributed by atoms with Crippen molar-refractivity contribution in [2.24, 2.45) is 0 Å². The molecule has 1 amide bonds. The molecule has 0 saturated heterocycles. The minimum absolute atomic E-state index is 0.176. The second-order valence-electron chi connectivity index (χ2n) is 3.85. The third kappa shape index (κ3) is 3.38. The van der Waals surface area contributed by atoms with Crippen molar-refractivity contribution in [2.75, 3.05) is 5.32 Å². The van der Waals surface area contributed by atoms with Gasteiger partial charge < -0.3 is 0 Å². The molecule has 21 heavy (non-hydrogen) atoms. The van der Waals surface area contributed by atoms with E-state index in [4.69, 9.17) is 23.2 Å². The topological polar surface area (TPSA) is 67.8 Å². The first-order chi connectivity index (χ1) is 10.1. The van der Waals surface area contributed by atoms with Gasteiger partial charge in [-0.15, -0.1) is 22.7 Å². The average molecular weight is 357 g/mol. The van der Waals surface area contributed by atoms with Crippen LogP contribution in [0.25, 0.3) is 10.6 Å². The van der Waals surface area contributed by atoms with Crippen LogP contribution in [0.3, 0.4) is 0 Å². The van der Waals surface area contributed by atoms with E-state index in [1.165, 1.54) is 35.1 Å². The van der Waals surface area contributed by atoms with Crippen molar-refractivity contribution in [3.8, 4) is 10.6 Å². The Kier molecular flexibility index (Phi) is 4.16. The highest BCUT2D eigenvalue weighted by Gasteiger charge is 2.12. The van der Waals surface area contributed by atoms with Crippen LogP contribution in [0, 0.1) is 0 Å². The van der Waals surface area contributed by atoms with Gasteiger partial charge in [-0.1, -0.05) is 23.2 Å². The van der Waals surface area contributed by atoms with Gasteiger partial charge in [0.2, 0.25) is 0 Å². The molecule has 0 atom stereocenters. The second-order valence-corrected chi connectivity index (χ2v) is 6.44. The van der Waals surface area contributed by atoms with Crippen molar-refractivity contribution in [3.63, 3.8) is 0 Å². The summed E-state index contributed by atoms with van der Waals surface area (Å²) in [5, 5.41) is 7.74. The van der Waals surface area contributed by atoms with Crippen LogP contribution in [-0.4, -0.2) is 20.9 Å². The highest BCUT2D eigenvalue weighted by Crippen LogP contribution is 2.31. The molecule has 0 aliphatic heterocycles. The number of thiophene rings is 1. The maximum atomic E-state index is 12.0. The van der Waals surface area contributed by atoms with Crippen LogP contribution in [0.5, 0.6) is 0 Å². The van der Waals surface area contributed by atoms with Gasteiger partial charge in [0.05, 0.1) is 28.0 Å². The Hall–Kier alpha value is -1.54. The number of nitrogens with zero attached hydrogens (tertiary/aromatic N) is 3. The van der Waals surface area contributed by atoms with Gasteiger partial charge in [-0.3, -0.25) is 10.1 Å². The number of carbonyl (C=O) groups excluding carboxylic acids is 1. The molecular weight excluding hydrogens is 351 g/mol. The van der Waals surface area contributed by atoms with Crippen molar-refractivity contribution >= 4 is 56.9 Å². The van der Waals surface area contributed by atoms with Crippen molar-refractivity contribution in [2.45, 2.75) is 0 Å². The zero-order chi connectivity index (χ0) is 14.8. The molecule has 106 valence electrons. The number of anilines is 1. The Balaban J connectivity index is 1.75. The molecule has 3 heterocycles. The lowest BCUT2D eigenvalue weighted by Gasteiger charge is -1.99. The van der Waals surface area contributed by atoms with Gasteiger partial charge in [-0.2, -0.15) is 0 Å². The zero-order valence-electron chi connectivity index (χ0n) is 10.2. The number of aromatic nitrogens is 3. The summed E-state index contributed by atoms with van der Waals surface area (Å²) in [6.45, 7) is 0. The smallest absolute Gasteiger partial charge is 0.277 e. The van der Waals surface area contributed by atoms with E-state index in [-0.39, 0.29) is 16.8 Å². The second kappa shape index (κ2) is 6.07. The van der Waals surface area contributed by atoms with E-state index in [9.17, 15) is 4.79 Å². The lowest BCUT2D eigenvalue weighted by Crippen LogP contribution is -2.13. The number of thiazole rings is 1. The number of hydrogen-bond acceptors (Lipinski definition) is 6. The predicted molar refractivity (Wildman–Crippen MR) is 85.4 cm³/mol. The molecule has 3 rings (SSSR count). The standard InChI is InChI=1S/C12H6Cl2N4OS2/c13-6-1-9(20-4-6)8-5-21-12(17-8)18-11(19)7-2-16-10(14)3-15-7/h1-5H,(H,17,18,19). The summed E-state index contributed by atoms with van der Waals surface area (Å²) in [6, 6.07) is 1.83. The third-order valence-electron chi connectivity index (χ3n) is 2.40. The van der Waals surface area contributed by atoms with Crippen molar-refractivity contribution in [1.29, 1.82) is 0 Å². The molecule has 5 nitrogen and oxygen atoms in total. The number of hydrogen-bond donors (Lipinski definition) is 1. The molecule has 0 saturated carbocycles. The molecule has 0 aromatic carbocycles. The van der Waals surface area contributed by atoms with E-state index in [1.807, 2.05) is 16.8 Å². The third-order valence-corrected chi connectivity index (χ3v) is 4.65. The number of rotatable bonds is 3. The summed E-state index contributed by atoms with van der Waals surface area (Å²) < 4.78 is 0. The molecule has 0 aliphatic carbocycles. The first-order valence-electron chi connectivity index (χ1n) is 5.60. The van der Waals surface area contributed by atoms with E-state index in [0.717, 1.165) is 10.6 Å². The lowest BCUT2D eigenvalue weighted by molar-refractivity contribution is 0.102. The van der Waals surface area contributed by atoms with Crippen LogP contribution in [0.15, 0.2) is 29.2 Å². The van der Waals surface area contributed by atoms with Crippen molar-refractivity contribution in [3.05, 3.63) is 45.1 Å². The lowest BCUT2D eigenvalue weighted by atomic mass is 10.4. The SMILES string of the molecule is O=C(Nc1nc(-c2cc(Cl)cs2)cs1)c1cnc(Cl)cn1. The zero-order valence-corrected chi connectivity index (χ0v) is 13.4. The summed E-state index contributed by atoms with van der Waals surface area (Å²) in [4.78, 5) is 25.0. The molecule has 0 aliphatic rings. The minimum Gasteiger partial charge on any atom is -0.296 e. The normalized spacial score (nSPS) is 10.6. The van der Waals surface area contributed by atoms with Crippen LogP contribution < -0.4 is 5.32 Å². The van der Waals surface area contributed by atoms with E-state index in [0.29, 0.717) is 10.2 Å². The predicted octanol–water partition coefficient (Wildman–Crippen LogP) is 4.22. The molecule has 0 bridgehead atoms. The number of halogens is 2. The quantitative estimate of drug-likeness (QED) is 0.762. The van der Waals surface area contributed by atoms with Crippen LogP contribution in [0.2, 0.25) is 10.2 Å². The van der Waals surface area contributed by atoms with Crippen LogP contribution in [-0.2, 0) is 0 Å². The van der Waals surface area contributed by atoms with Gasteiger partial charge in [0.25, 0.3) is 5.91 Å². The van der Waals surface area contributed by atoms with Crippen LogP contribution in [0.4, 0.5) is 5.13 Å². The summed E-state index contributed by atoms with van der Waals surface area (Å²) in [5.41, 5.74) is 0.949. The maximum Gasteiger partial charge on any atom is 0.277 e. The Morgan fingerprint density at radius 2 is 2.00 bits per heavy atom. The molecule has 0 unspecified atom stereocenters. The van der Waals surface area contributed by atoms with Gasteiger partial charge >= 0.3 is 0 Å². The van der Waals surface area contributed by atoms with Crippen molar-refractivity contribution < 1.29 is 4.79 Å². The van der Waals surface area contributed by atoms with Crippen molar-refractivity contribution in [1.82, 2.24) is 15.0 Å². The Bertz CT molecular complexity index is 785. The summed E-state index contributed by atoms with van der Waals surface area (Å²) in [5.74, 6) is -0.385. The average Bonchev–Trinajstić information content (AvgIpc) is 3.08. The molecule has 0 radical (unpaired) electrons. The Morgan fingerprint density at radius 1 is 1.14 bits per heavy atom. The summed E-state index contributed by atoms with van der Waals surface area (Å²) in [7, 11) is 0. The molecular formula is C12H6Cl2N4OS2. The number of nitrogens with one attached hydrogen (secondary N) is 1. The molecule has 1 N–H and O–H groups in total. The van der Waals surface area contributed by atoms with Gasteiger partial charge in [-0.05, 0) is 6.07 Å². The highest BCUT2D eigenvalue weighted by molar-refractivity contribution is 7.16. The Labute approximate surface area is 137 Å². The van der Waals surface area contributed by atoms with E-state index in [2.05, 4.69) is 20.3 Å². The van der Waals surface area contributed by atoms with Crippen LogP contribution in [0.1, 0.15) is 10.5 Å². The van der Waals surface area contributed by atoms with E-state index in [1.54, 1.807) is 0 Å². The van der Waals surface area contributed by atoms with Crippen LogP contribution >= 0.6 is 45.9 Å². The summed E-state index contributed by atoms with van der Waals surface area (Å²) >= 11 is 14.3. The molecule has 9 heteroatoms. The Morgan fingerprint density at radius 3 is 2.67 bits per heavy atom. The van der Waals surface area contributed by atoms with Gasteiger partial charge in [-0.25, -0.2) is 15.0 Å². The molecule has 0 fully saturated rings. The fourth-order valence-corrected chi connectivity index (χ4v) is 3.40. The fourth-order valence-electron chi connectivity index (χ4n) is 1.48. The van der Waals surface area contributed by atoms with E-state index < -0.39 is 0 Å². The molecule has 0 spiro atoms. The van der Waals surface area contributed by atoms with E-state index >= 15 is 0 Å². The van der Waals surface area contributed by atoms with Gasteiger partial charge in [0.1, 0.15) is 10.8 Å². The number of carbonyl (C=O) groups is 1. The monoisotopic (exact) mass is 356 g/mol. The molecule has 3 aromatic heterocycles. The first kappa shape index (κ1) is 14.4. The maximum absolute atomic E-state index is 12.0. The van der Waals surface area contributed by atoms with Gasteiger partial charge in [0.15, 0.2) is 5.13 Å². The fraction of sp³-hybridized carbons (Fsp3) is 0.